The van der Waals surface area contributed by atoms with Crippen LogP contribution in [0.15, 0.2) is 0 Å². The number of carbonyl (C=O) groups is 1. The van der Waals surface area contributed by atoms with E-state index in [-0.39, 0.29) is 12.4 Å². The van der Waals surface area contributed by atoms with Gasteiger partial charge in [0.2, 0.25) is 0 Å². The van der Waals surface area contributed by atoms with E-state index >= 15 is 0 Å². The van der Waals surface area contributed by atoms with Crippen LogP contribution in [-0.2, 0) is 9.53 Å². The summed E-state index contributed by atoms with van der Waals surface area (Å²) >= 11 is 0. The van der Waals surface area contributed by atoms with Crippen molar-refractivity contribution in [3.63, 3.8) is 0 Å². The lowest BCUT2D eigenvalue weighted by atomic mass is 10.2. The summed E-state index contributed by atoms with van der Waals surface area (Å²) in [6.45, 7) is 4.75. The Hall–Kier alpha value is -0.650. The molecule has 0 aromatic rings. The van der Waals surface area contributed by atoms with Crippen molar-refractivity contribution in [3.05, 3.63) is 0 Å². The first-order chi connectivity index (χ1) is 8.52. The van der Waals surface area contributed by atoms with Gasteiger partial charge in [-0.25, -0.2) is 0 Å². The third-order valence-corrected chi connectivity index (χ3v) is 3.42. The molecule has 0 saturated carbocycles. The smallest absolute Gasteiger partial charge is 0.308 e. The average Bonchev–Trinajstić information content (AvgIpc) is 2.64. The van der Waals surface area contributed by atoms with E-state index in [9.17, 15) is 9.90 Å². The van der Waals surface area contributed by atoms with E-state index in [2.05, 4.69) is 16.8 Å². The Bertz CT molecular complexity index is 261. The van der Waals surface area contributed by atoms with Gasteiger partial charge in [-0.1, -0.05) is 0 Å². The van der Waals surface area contributed by atoms with Gasteiger partial charge in [-0.2, -0.15) is 0 Å². The van der Waals surface area contributed by atoms with Crippen LogP contribution >= 0.6 is 0 Å². The summed E-state index contributed by atoms with van der Waals surface area (Å²) in [6, 6.07) is 0.574. The van der Waals surface area contributed by atoms with E-state index in [4.69, 9.17) is 4.74 Å². The Morgan fingerprint density at radius 3 is 2.89 bits per heavy atom. The maximum atomic E-state index is 11.2. The summed E-state index contributed by atoms with van der Waals surface area (Å²) in [6.07, 6.45) is 1.91. The molecule has 1 fully saturated rings. The summed E-state index contributed by atoms with van der Waals surface area (Å²) in [5.41, 5.74) is 0. The molecule has 0 spiro atoms. The quantitative estimate of drug-likeness (QED) is 0.667. The van der Waals surface area contributed by atoms with Gasteiger partial charge in [-0.15, -0.1) is 0 Å². The number of carbonyl (C=O) groups excluding carboxylic acids is 1. The minimum absolute atomic E-state index is 0.0820. The van der Waals surface area contributed by atoms with E-state index in [0.29, 0.717) is 19.2 Å². The standard InChI is InChI=1S/C13H26N2O3/c1-4-18-13(17)8-12(16)10-14(2)9-11-6-5-7-15(11)3/h11-12,16H,4-10H2,1-3H3. The Morgan fingerprint density at radius 1 is 1.61 bits per heavy atom. The van der Waals surface area contributed by atoms with Gasteiger partial charge in [0, 0.05) is 19.1 Å². The molecule has 0 aliphatic carbocycles. The van der Waals surface area contributed by atoms with Gasteiger partial charge in [0.25, 0.3) is 0 Å². The monoisotopic (exact) mass is 258 g/mol. The SMILES string of the molecule is CCOC(=O)CC(O)CN(C)CC1CCCN1C. The number of rotatable bonds is 7. The topological polar surface area (TPSA) is 53.0 Å². The molecular formula is C13H26N2O3. The van der Waals surface area contributed by atoms with Gasteiger partial charge in [-0.3, -0.25) is 4.79 Å². The summed E-state index contributed by atoms with van der Waals surface area (Å²) < 4.78 is 4.82. The highest BCUT2D eigenvalue weighted by atomic mass is 16.5. The molecular weight excluding hydrogens is 232 g/mol. The summed E-state index contributed by atoms with van der Waals surface area (Å²) in [5.74, 6) is -0.323. The van der Waals surface area contributed by atoms with Crippen LogP contribution < -0.4 is 0 Å². The number of likely N-dealkylation sites (tertiary alicyclic amines) is 1. The molecule has 18 heavy (non-hydrogen) atoms. The maximum absolute atomic E-state index is 11.2. The lowest BCUT2D eigenvalue weighted by Gasteiger charge is -2.27. The lowest BCUT2D eigenvalue weighted by Crippen LogP contribution is -2.40. The molecule has 1 aliphatic rings. The van der Waals surface area contributed by atoms with E-state index in [1.165, 1.54) is 12.8 Å². The van der Waals surface area contributed by atoms with Gasteiger partial charge < -0.3 is 19.6 Å². The van der Waals surface area contributed by atoms with Crippen molar-refractivity contribution in [1.82, 2.24) is 9.80 Å². The van der Waals surface area contributed by atoms with E-state index in [0.717, 1.165) is 13.1 Å². The second-order valence-electron chi connectivity index (χ2n) is 5.16. The number of hydrogen-bond donors (Lipinski definition) is 1. The second kappa shape index (κ2) is 7.71. The van der Waals surface area contributed by atoms with Gasteiger partial charge in [-0.05, 0) is 40.4 Å². The summed E-state index contributed by atoms with van der Waals surface area (Å²) in [7, 11) is 4.13. The van der Waals surface area contributed by atoms with Crippen LogP contribution in [0.2, 0.25) is 0 Å². The lowest BCUT2D eigenvalue weighted by molar-refractivity contribution is -0.145. The molecule has 106 valence electrons. The summed E-state index contributed by atoms with van der Waals surface area (Å²) in [4.78, 5) is 15.7. The molecule has 5 heteroatoms. The van der Waals surface area contributed by atoms with Crippen molar-refractivity contribution in [2.75, 3.05) is 40.3 Å². The predicted molar refractivity (Wildman–Crippen MR) is 70.4 cm³/mol. The number of ether oxygens (including phenoxy) is 1. The molecule has 0 radical (unpaired) electrons. The minimum Gasteiger partial charge on any atom is -0.466 e. The normalized spacial score (nSPS) is 22.4. The van der Waals surface area contributed by atoms with E-state index in [1.807, 2.05) is 7.05 Å². The van der Waals surface area contributed by atoms with Crippen LogP contribution in [0.5, 0.6) is 0 Å². The van der Waals surface area contributed by atoms with Crippen LogP contribution in [0.1, 0.15) is 26.2 Å². The van der Waals surface area contributed by atoms with Gasteiger partial charge >= 0.3 is 5.97 Å². The maximum Gasteiger partial charge on any atom is 0.308 e. The van der Waals surface area contributed by atoms with Crippen molar-refractivity contribution in [2.45, 2.75) is 38.3 Å². The number of likely N-dealkylation sites (N-methyl/N-ethyl adjacent to an activating group) is 2. The van der Waals surface area contributed by atoms with Crippen molar-refractivity contribution < 1.29 is 14.6 Å². The van der Waals surface area contributed by atoms with Crippen LogP contribution in [0, 0.1) is 0 Å². The third-order valence-electron chi connectivity index (χ3n) is 3.42. The highest BCUT2D eigenvalue weighted by molar-refractivity contribution is 5.69. The van der Waals surface area contributed by atoms with Crippen LogP contribution in [-0.4, -0.2) is 73.4 Å². The van der Waals surface area contributed by atoms with Crippen LogP contribution in [0.3, 0.4) is 0 Å². The average molecular weight is 258 g/mol. The number of aliphatic hydroxyl groups excluding tert-OH is 1. The van der Waals surface area contributed by atoms with Gasteiger partial charge in [0.15, 0.2) is 0 Å². The Morgan fingerprint density at radius 2 is 2.33 bits per heavy atom. The molecule has 2 atom stereocenters. The van der Waals surface area contributed by atoms with Crippen LogP contribution in [0.4, 0.5) is 0 Å². The molecule has 1 N–H and O–H groups in total. The molecule has 1 saturated heterocycles. The van der Waals surface area contributed by atoms with Crippen molar-refractivity contribution >= 4 is 5.97 Å². The first-order valence-electron chi connectivity index (χ1n) is 6.75. The largest absolute Gasteiger partial charge is 0.466 e. The summed E-state index contributed by atoms with van der Waals surface area (Å²) in [5, 5.41) is 9.80. The number of nitrogens with zero attached hydrogens (tertiary/aromatic N) is 2. The number of hydrogen-bond acceptors (Lipinski definition) is 5. The molecule has 0 bridgehead atoms. The van der Waals surface area contributed by atoms with Crippen molar-refractivity contribution in [3.8, 4) is 0 Å². The molecule has 5 nitrogen and oxygen atoms in total. The van der Waals surface area contributed by atoms with Crippen molar-refractivity contribution in [1.29, 1.82) is 0 Å². The molecule has 2 unspecified atom stereocenters. The Kier molecular flexibility index (Phi) is 6.60. The van der Waals surface area contributed by atoms with Gasteiger partial charge in [0.05, 0.1) is 19.1 Å². The number of aliphatic hydroxyl groups is 1. The third kappa shape index (κ3) is 5.33. The molecule has 0 aromatic carbocycles. The minimum atomic E-state index is -0.638. The predicted octanol–water partition coefficient (Wildman–Crippen LogP) is 0.327. The highest BCUT2D eigenvalue weighted by Gasteiger charge is 2.23. The molecule has 0 amide bonds. The fourth-order valence-electron chi connectivity index (χ4n) is 2.48. The number of esters is 1. The zero-order valence-electron chi connectivity index (χ0n) is 11.8. The fraction of sp³-hybridized carbons (Fsp3) is 0.923. The van der Waals surface area contributed by atoms with E-state index < -0.39 is 6.10 Å². The fourth-order valence-corrected chi connectivity index (χ4v) is 2.48. The Balaban J connectivity index is 2.22. The zero-order valence-corrected chi connectivity index (χ0v) is 11.8. The molecule has 1 rings (SSSR count). The zero-order chi connectivity index (χ0) is 13.5. The second-order valence-corrected chi connectivity index (χ2v) is 5.16. The van der Waals surface area contributed by atoms with Gasteiger partial charge in [0.1, 0.15) is 0 Å². The van der Waals surface area contributed by atoms with E-state index in [1.54, 1.807) is 6.92 Å². The Labute approximate surface area is 110 Å². The van der Waals surface area contributed by atoms with Crippen molar-refractivity contribution in [2.24, 2.45) is 0 Å². The molecule has 1 aliphatic heterocycles. The molecule has 0 aromatic heterocycles. The molecule has 1 heterocycles. The van der Waals surface area contributed by atoms with Crippen LogP contribution in [0.25, 0.3) is 0 Å². The highest BCUT2D eigenvalue weighted by Crippen LogP contribution is 2.15. The first kappa shape index (κ1) is 15.4. The first-order valence-corrected chi connectivity index (χ1v) is 6.75.